The molecule has 0 radical (unpaired) electrons. The molecule has 2 aromatic rings. The number of nitrogens with one attached hydrogen (secondary N) is 1. The molecule has 0 spiro atoms. The highest BCUT2D eigenvalue weighted by Crippen LogP contribution is 2.35. The summed E-state index contributed by atoms with van der Waals surface area (Å²) in [5.41, 5.74) is 0.961. The molecule has 5 rings (SSSR count). The van der Waals surface area contributed by atoms with E-state index in [1.54, 1.807) is 6.20 Å². The normalized spacial score (nSPS) is 27.0. The molecule has 3 aliphatic rings. The number of nitrogens with zero attached hydrogens (tertiary/aromatic N) is 2. The molecule has 0 unspecified atom stereocenters. The lowest BCUT2D eigenvalue weighted by atomic mass is 10.1. The van der Waals surface area contributed by atoms with Crippen LogP contribution < -0.4 is 5.32 Å². The Morgan fingerprint density at radius 3 is 2.93 bits per heavy atom. The van der Waals surface area contributed by atoms with Gasteiger partial charge >= 0.3 is 0 Å². The van der Waals surface area contributed by atoms with E-state index >= 15 is 0 Å². The third kappa shape index (κ3) is 3.18. The van der Waals surface area contributed by atoms with E-state index in [9.17, 15) is 9.59 Å². The number of amides is 2. The van der Waals surface area contributed by atoms with Crippen LogP contribution >= 0.6 is 0 Å². The number of aromatic nitrogens is 1. The monoisotopic (exact) mass is 365 g/mol. The highest BCUT2D eigenvalue weighted by molar-refractivity contribution is 5.90. The molecule has 1 aromatic heterocycles. The van der Waals surface area contributed by atoms with E-state index in [-0.39, 0.29) is 24.0 Å². The molecule has 140 valence electrons. The average Bonchev–Trinajstić information content (AvgIpc) is 3.23. The Bertz CT molecular complexity index is 895. The third-order valence-electron chi connectivity index (χ3n) is 5.90. The van der Waals surface area contributed by atoms with E-state index in [1.807, 2.05) is 35.4 Å². The molecule has 6 nitrogen and oxygen atoms in total. The van der Waals surface area contributed by atoms with Gasteiger partial charge in [0.25, 0.3) is 0 Å². The van der Waals surface area contributed by atoms with Gasteiger partial charge in [0.1, 0.15) is 6.04 Å². The highest BCUT2D eigenvalue weighted by atomic mass is 16.5. The molecular formula is C21H23N3O3. The van der Waals surface area contributed by atoms with Crippen molar-refractivity contribution in [1.82, 2.24) is 15.2 Å². The summed E-state index contributed by atoms with van der Waals surface area (Å²) < 4.78 is 5.79. The minimum atomic E-state index is -0.405. The molecular weight excluding hydrogens is 342 g/mol. The van der Waals surface area contributed by atoms with Gasteiger partial charge in [0.2, 0.25) is 11.8 Å². The summed E-state index contributed by atoms with van der Waals surface area (Å²) in [6.45, 7) is 0.666. The standard InChI is InChI=1S/C21H23N3O3/c25-20(10-13-1-2-15-12-22-7-5-14(15)9-13)24-17-6-8-27-19(17)11-18(24)21(26)23-16-3-4-16/h1-2,5,7,9,12,16-19H,3-4,6,8,10-11H2,(H,23,26)/t17-,18-,19-/m0/s1. The van der Waals surface area contributed by atoms with Crippen molar-refractivity contribution in [3.05, 3.63) is 42.2 Å². The highest BCUT2D eigenvalue weighted by Gasteiger charge is 2.50. The maximum Gasteiger partial charge on any atom is 0.243 e. The van der Waals surface area contributed by atoms with Gasteiger partial charge in [0, 0.05) is 36.8 Å². The van der Waals surface area contributed by atoms with Crippen molar-refractivity contribution in [2.24, 2.45) is 0 Å². The van der Waals surface area contributed by atoms with Crippen LogP contribution in [0.15, 0.2) is 36.7 Å². The summed E-state index contributed by atoms with van der Waals surface area (Å²) in [7, 11) is 0. The van der Waals surface area contributed by atoms with E-state index in [0.717, 1.165) is 35.6 Å². The van der Waals surface area contributed by atoms with E-state index in [0.29, 0.717) is 25.5 Å². The van der Waals surface area contributed by atoms with Crippen LogP contribution in [0.2, 0.25) is 0 Å². The van der Waals surface area contributed by atoms with Crippen LogP contribution in [-0.2, 0) is 20.7 Å². The molecule has 1 saturated carbocycles. The van der Waals surface area contributed by atoms with Gasteiger partial charge < -0.3 is 15.0 Å². The van der Waals surface area contributed by atoms with E-state index < -0.39 is 6.04 Å². The zero-order valence-electron chi connectivity index (χ0n) is 15.1. The molecule has 3 fully saturated rings. The molecule has 27 heavy (non-hydrogen) atoms. The molecule has 3 atom stereocenters. The first-order valence-corrected chi connectivity index (χ1v) is 9.75. The number of rotatable bonds is 4. The van der Waals surface area contributed by atoms with Gasteiger partial charge in [-0.15, -0.1) is 0 Å². The van der Waals surface area contributed by atoms with Gasteiger partial charge in [-0.1, -0.05) is 18.2 Å². The number of fused-ring (bicyclic) bond motifs is 2. The Kier molecular flexibility index (Phi) is 4.08. The Morgan fingerprint density at radius 1 is 1.19 bits per heavy atom. The van der Waals surface area contributed by atoms with Gasteiger partial charge in [-0.3, -0.25) is 14.6 Å². The number of benzene rings is 1. The predicted octanol–water partition coefficient (Wildman–Crippen LogP) is 1.81. The summed E-state index contributed by atoms with van der Waals surface area (Å²) in [5, 5.41) is 5.19. The molecule has 2 saturated heterocycles. The number of carbonyl (C=O) groups is 2. The number of likely N-dealkylation sites (tertiary alicyclic amines) is 1. The van der Waals surface area contributed by atoms with Crippen molar-refractivity contribution < 1.29 is 14.3 Å². The van der Waals surface area contributed by atoms with Crippen molar-refractivity contribution in [2.45, 2.75) is 56.3 Å². The number of carbonyl (C=O) groups excluding carboxylic acids is 2. The first-order chi connectivity index (χ1) is 13.2. The topological polar surface area (TPSA) is 71.5 Å². The smallest absolute Gasteiger partial charge is 0.243 e. The molecule has 2 amide bonds. The van der Waals surface area contributed by atoms with Gasteiger partial charge in [-0.05, 0) is 36.3 Å². The minimum absolute atomic E-state index is 0.00780. The lowest BCUT2D eigenvalue weighted by Crippen LogP contribution is -2.50. The lowest BCUT2D eigenvalue weighted by Gasteiger charge is -2.28. The van der Waals surface area contributed by atoms with Crippen molar-refractivity contribution in [3.8, 4) is 0 Å². The second-order valence-electron chi connectivity index (χ2n) is 7.83. The maximum atomic E-state index is 13.2. The van der Waals surface area contributed by atoms with Crippen LogP contribution in [0.3, 0.4) is 0 Å². The number of hydrogen-bond donors (Lipinski definition) is 1. The summed E-state index contributed by atoms with van der Waals surface area (Å²) in [4.78, 5) is 31.8. The Hall–Kier alpha value is -2.47. The summed E-state index contributed by atoms with van der Waals surface area (Å²) >= 11 is 0. The van der Waals surface area contributed by atoms with Gasteiger partial charge in [0.15, 0.2) is 0 Å². The van der Waals surface area contributed by atoms with Crippen LogP contribution in [0.4, 0.5) is 0 Å². The predicted molar refractivity (Wildman–Crippen MR) is 100 cm³/mol. The molecule has 6 heteroatoms. The van der Waals surface area contributed by atoms with Crippen LogP contribution in [0.1, 0.15) is 31.2 Å². The minimum Gasteiger partial charge on any atom is -0.376 e. The van der Waals surface area contributed by atoms with Crippen LogP contribution in [0, 0.1) is 0 Å². The Labute approximate surface area is 157 Å². The number of hydrogen-bond acceptors (Lipinski definition) is 4. The van der Waals surface area contributed by atoms with Gasteiger partial charge in [-0.2, -0.15) is 0 Å². The molecule has 3 heterocycles. The first-order valence-electron chi connectivity index (χ1n) is 9.75. The van der Waals surface area contributed by atoms with E-state index in [2.05, 4.69) is 10.3 Å². The van der Waals surface area contributed by atoms with Crippen molar-refractivity contribution >= 4 is 22.6 Å². The third-order valence-corrected chi connectivity index (χ3v) is 5.90. The number of ether oxygens (including phenoxy) is 1. The van der Waals surface area contributed by atoms with Crippen molar-refractivity contribution in [2.75, 3.05) is 6.61 Å². The zero-order chi connectivity index (χ0) is 18.4. The summed E-state index contributed by atoms with van der Waals surface area (Å²) in [6, 6.07) is 7.87. The second-order valence-corrected chi connectivity index (χ2v) is 7.83. The second kappa shape index (κ2) is 6.60. The van der Waals surface area contributed by atoms with Crippen LogP contribution in [0.5, 0.6) is 0 Å². The molecule has 1 N–H and O–H groups in total. The lowest BCUT2D eigenvalue weighted by molar-refractivity contribution is -0.140. The van der Waals surface area contributed by atoms with Gasteiger partial charge in [-0.25, -0.2) is 0 Å². The fraction of sp³-hybridized carbons (Fsp3) is 0.476. The summed E-state index contributed by atoms with van der Waals surface area (Å²) in [5.74, 6) is -0.00853. The SMILES string of the molecule is O=C(NC1CC1)[C@@H]1C[C@@H]2OCC[C@@H]2N1C(=O)Cc1ccc2cnccc2c1. The van der Waals surface area contributed by atoms with Gasteiger partial charge in [0.05, 0.1) is 18.6 Å². The van der Waals surface area contributed by atoms with Crippen molar-refractivity contribution in [1.29, 1.82) is 0 Å². The largest absolute Gasteiger partial charge is 0.376 e. The fourth-order valence-corrected chi connectivity index (χ4v) is 4.37. The van der Waals surface area contributed by atoms with E-state index in [4.69, 9.17) is 4.74 Å². The fourth-order valence-electron chi connectivity index (χ4n) is 4.37. The number of pyridine rings is 1. The van der Waals surface area contributed by atoms with Crippen LogP contribution in [-0.4, -0.2) is 52.5 Å². The van der Waals surface area contributed by atoms with Crippen molar-refractivity contribution in [3.63, 3.8) is 0 Å². The molecule has 2 aliphatic heterocycles. The van der Waals surface area contributed by atoms with Crippen LogP contribution in [0.25, 0.3) is 10.8 Å². The Balaban J connectivity index is 1.37. The quantitative estimate of drug-likeness (QED) is 0.897. The average molecular weight is 365 g/mol. The zero-order valence-corrected chi connectivity index (χ0v) is 15.1. The maximum absolute atomic E-state index is 13.2. The molecule has 1 aliphatic carbocycles. The molecule has 1 aromatic carbocycles. The molecule has 0 bridgehead atoms. The summed E-state index contributed by atoms with van der Waals surface area (Å²) in [6.07, 6.45) is 7.38. The first kappa shape index (κ1) is 16.7. The Morgan fingerprint density at radius 2 is 2.07 bits per heavy atom. The van der Waals surface area contributed by atoms with E-state index in [1.165, 1.54) is 0 Å².